The predicted octanol–water partition coefficient (Wildman–Crippen LogP) is 4.82. The van der Waals surface area contributed by atoms with Crippen LogP contribution in [0.25, 0.3) is 16.3 Å². The molecule has 2 aromatic rings. The number of allylic oxidation sites excluding steroid dienone is 5. The molecule has 0 unspecified atom stereocenters. The highest BCUT2D eigenvalue weighted by molar-refractivity contribution is 5.97. The summed E-state index contributed by atoms with van der Waals surface area (Å²) in [5, 5.41) is 1.84. The summed E-state index contributed by atoms with van der Waals surface area (Å²) in [5.41, 5.74) is 1.93. The third-order valence-electron chi connectivity index (χ3n) is 3.79. The van der Waals surface area contributed by atoms with Crippen molar-refractivity contribution < 1.29 is 13.9 Å². The van der Waals surface area contributed by atoms with Crippen molar-refractivity contribution in [3.8, 4) is 0 Å². The topological polar surface area (TPSA) is 26.3 Å². The minimum absolute atomic E-state index is 0.285. The van der Waals surface area contributed by atoms with Gasteiger partial charge in [0.05, 0.1) is 7.11 Å². The molecule has 0 saturated carbocycles. The van der Waals surface area contributed by atoms with E-state index in [9.17, 15) is 9.18 Å². The lowest BCUT2D eigenvalue weighted by molar-refractivity contribution is 0.112. The summed E-state index contributed by atoms with van der Waals surface area (Å²) in [5.74, 6) is 0.412. The molecule has 0 aromatic heterocycles. The molecule has 0 amide bonds. The number of ether oxygens (including phenoxy) is 1. The van der Waals surface area contributed by atoms with E-state index in [4.69, 9.17) is 4.74 Å². The number of hydrogen-bond donors (Lipinski definition) is 0. The molecule has 0 fully saturated rings. The van der Waals surface area contributed by atoms with Crippen LogP contribution in [-0.4, -0.2) is 13.4 Å². The summed E-state index contributed by atoms with van der Waals surface area (Å²) in [6.07, 6.45) is 6.01. The van der Waals surface area contributed by atoms with Crippen molar-refractivity contribution in [2.75, 3.05) is 7.11 Å². The van der Waals surface area contributed by atoms with Crippen LogP contribution in [0.1, 0.15) is 22.3 Å². The first kappa shape index (κ1) is 14.3. The van der Waals surface area contributed by atoms with E-state index in [0.29, 0.717) is 23.3 Å². The Morgan fingerprint density at radius 2 is 2.09 bits per heavy atom. The lowest BCUT2D eigenvalue weighted by atomic mass is 9.94. The van der Waals surface area contributed by atoms with Gasteiger partial charge in [0.15, 0.2) is 0 Å². The highest BCUT2D eigenvalue weighted by Gasteiger charge is 2.15. The zero-order valence-electron chi connectivity index (χ0n) is 12.2. The Bertz CT molecular complexity index is 828. The molecule has 110 valence electrons. The van der Waals surface area contributed by atoms with Crippen LogP contribution < -0.4 is 0 Å². The molecule has 22 heavy (non-hydrogen) atoms. The maximum atomic E-state index is 14.4. The molecule has 3 heteroatoms. The Kier molecular flexibility index (Phi) is 3.88. The zero-order valence-corrected chi connectivity index (χ0v) is 12.2. The van der Waals surface area contributed by atoms with Gasteiger partial charge in [-0.25, -0.2) is 4.39 Å². The molecule has 0 bridgehead atoms. The average molecular weight is 294 g/mol. The van der Waals surface area contributed by atoms with Crippen molar-refractivity contribution in [3.63, 3.8) is 0 Å². The molecule has 1 aliphatic rings. The summed E-state index contributed by atoms with van der Waals surface area (Å²) in [4.78, 5) is 11.0. The summed E-state index contributed by atoms with van der Waals surface area (Å²) in [6, 6.07) is 11.1. The zero-order chi connectivity index (χ0) is 15.5. The number of rotatable bonds is 3. The van der Waals surface area contributed by atoms with Crippen LogP contribution >= 0.6 is 0 Å². The van der Waals surface area contributed by atoms with Gasteiger partial charge in [-0.15, -0.1) is 0 Å². The smallest absolute Gasteiger partial charge is 0.150 e. The van der Waals surface area contributed by atoms with Crippen LogP contribution in [0, 0.1) is 0 Å². The number of fused-ring (bicyclic) bond motifs is 1. The van der Waals surface area contributed by atoms with Gasteiger partial charge in [0.25, 0.3) is 0 Å². The number of aldehydes is 1. The van der Waals surface area contributed by atoms with Crippen molar-refractivity contribution in [3.05, 3.63) is 77.3 Å². The monoisotopic (exact) mass is 294 g/mol. The number of carbonyl (C=O) groups is 1. The maximum Gasteiger partial charge on any atom is 0.150 e. The second kappa shape index (κ2) is 5.98. The highest BCUT2D eigenvalue weighted by Crippen LogP contribution is 2.34. The van der Waals surface area contributed by atoms with Crippen LogP contribution in [0.4, 0.5) is 4.39 Å². The SMILES string of the molecule is COC1=CC=CC(F)=C(c2cccc3ccc(C=O)cc23)C1. The van der Waals surface area contributed by atoms with Crippen LogP contribution in [0.2, 0.25) is 0 Å². The van der Waals surface area contributed by atoms with Crippen molar-refractivity contribution in [2.45, 2.75) is 6.42 Å². The van der Waals surface area contributed by atoms with E-state index in [0.717, 1.165) is 22.6 Å². The second-order valence-corrected chi connectivity index (χ2v) is 5.10. The fourth-order valence-corrected chi connectivity index (χ4v) is 2.65. The van der Waals surface area contributed by atoms with Crippen LogP contribution in [-0.2, 0) is 4.74 Å². The first-order chi connectivity index (χ1) is 10.7. The van der Waals surface area contributed by atoms with Crippen LogP contribution in [0.3, 0.4) is 0 Å². The summed E-state index contributed by atoms with van der Waals surface area (Å²) in [6.45, 7) is 0. The quantitative estimate of drug-likeness (QED) is 0.758. The van der Waals surface area contributed by atoms with Gasteiger partial charge >= 0.3 is 0 Å². The summed E-state index contributed by atoms with van der Waals surface area (Å²) >= 11 is 0. The Balaban J connectivity index is 2.22. The first-order valence-corrected chi connectivity index (χ1v) is 7.01. The average Bonchev–Trinajstić information content (AvgIpc) is 2.75. The second-order valence-electron chi connectivity index (χ2n) is 5.10. The molecule has 0 spiro atoms. The standard InChI is InChI=1S/C19H15FO2/c1-22-15-5-3-7-19(20)18(11-15)16-6-2-4-14-9-8-13(12-21)10-17(14)16/h2-10,12H,11H2,1H3. The normalized spacial score (nSPS) is 14.7. The van der Waals surface area contributed by atoms with Gasteiger partial charge in [-0.2, -0.15) is 0 Å². The molecule has 0 heterocycles. The van der Waals surface area contributed by atoms with E-state index < -0.39 is 0 Å². The molecule has 0 radical (unpaired) electrons. The Labute approximate surface area is 128 Å². The van der Waals surface area contributed by atoms with Crippen molar-refractivity contribution in [1.29, 1.82) is 0 Å². The van der Waals surface area contributed by atoms with Crippen molar-refractivity contribution >= 4 is 22.6 Å². The Morgan fingerprint density at radius 3 is 2.86 bits per heavy atom. The lowest BCUT2D eigenvalue weighted by Gasteiger charge is -2.13. The number of carbonyl (C=O) groups excluding carboxylic acids is 1. The fraction of sp³-hybridized carbons (Fsp3) is 0.105. The highest BCUT2D eigenvalue weighted by atomic mass is 19.1. The number of benzene rings is 2. The molecule has 0 N–H and O–H groups in total. The molecule has 0 atom stereocenters. The molecular formula is C19H15FO2. The van der Waals surface area contributed by atoms with Crippen LogP contribution in [0.5, 0.6) is 0 Å². The predicted molar refractivity (Wildman–Crippen MR) is 86.2 cm³/mol. The minimum atomic E-state index is -0.285. The Hall–Kier alpha value is -2.68. The Morgan fingerprint density at radius 1 is 1.23 bits per heavy atom. The lowest BCUT2D eigenvalue weighted by Crippen LogP contribution is -1.94. The van der Waals surface area contributed by atoms with Gasteiger partial charge < -0.3 is 4.74 Å². The largest absolute Gasteiger partial charge is 0.501 e. The molecule has 2 aromatic carbocycles. The molecule has 2 nitrogen and oxygen atoms in total. The van der Waals surface area contributed by atoms with Gasteiger partial charge in [0.1, 0.15) is 17.9 Å². The van der Waals surface area contributed by atoms with E-state index in [-0.39, 0.29) is 5.83 Å². The van der Waals surface area contributed by atoms with Crippen molar-refractivity contribution in [2.24, 2.45) is 0 Å². The van der Waals surface area contributed by atoms with Crippen LogP contribution in [0.15, 0.2) is 66.2 Å². The van der Waals surface area contributed by atoms with Gasteiger partial charge in [-0.3, -0.25) is 4.79 Å². The van der Waals surface area contributed by atoms with Crippen molar-refractivity contribution in [1.82, 2.24) is 0 Å². The summed E-state index contributed by atoms with van der Waals surface area (Å²) < 4.78 is 19.7. The molecule has 0 aliphatic heterocycles. The van der Waals surface area contributed by atoms with Gasteiger partial charge in [-0.05, 0) is 34.6 Å². The van der Waals surface area contributed by atoms with E-state index in [1.165, 1.54) is 6.08 Å². The number of halogens is 1. The molecule has 3 rings (SSSR count). The molecule has 1 aliphatic carbocycles. The van der Waals surface area contributed by atoms with E-state index in [1.54, 1.807) is 31.4 Å². The van der Waals surface area contributed by atoms with Gasteiger partial charge in [0, 0.05) is 17.6 Å². The van der Waals surface area contributed by atoms with Gasteiger partial charge in [-0.1, -0.05) is 36.4 Å². The minimum Gasteiger partial charge on any atom is -0.501 e. The number of methoxy groups -OCH3 is 1. The maximum absolute atomic E-state index is 14.4. The number of hydrogen-bond acceptors (Lipinski definition) is 2. The third kappa shape index (κ3) is 2.58. The first-order valence-electron chi connectivity index (χ1n) is 7.01. The van der Waals surface area contributed by atoms with E-state index in [2.05, 4.69) is 0 Å². The molecule has 0 saturated heterocycles. The fourth-order valence-electron chi connectivity index (χ4n) is 2.65. The third-order valence-corrected chi connectivity index (χ3v) is 3.79. The molecular weight excluding hydrogens is 279 g/mol. The van der Waals surface area contributed by atoms with E-state index in [1.807, 2.05) is 24.3 Å². The van der Waals surface area contributed by atoms with E-state index >= 15 is 0 Å². The summed E-state index contributed by atoms with van der Waals surface area (Å²) in [7, 11) is 1.58. The van der Waals surface area contributed by atoms with Gasteiger partial charge in [0.2, 0.25) is 0 Å².